The Labute approximate surface area is 172 Å². The molecule has 1 aliphatic carbocycles. The van der Waals surface area contributed by atoms with Gasteiger partial charge in [-0.15, -0.1) is 0 Å². The van der Waals surface area contributed by atoms with Crippen LogP contribution in [0.4, 0.5) is 0 Å². The summed E-state index contributed by atoms with van der Waals surface area (Å²) < 4.78 is 13.4. The van der Waals surface area contributed by atoms with E-state index in [0.717, 1.165) is 18.1 Å². The Morgan fingerprint density at radius 1 is 1.11 bits per heavy atom. The van der Waals surface area contributed by atoms with Crippen molar-refractivity contribution in [2.75, 3.05) is 25.9 Å². The number of hydrogen-bond acceptors (Lipinski definition) is 2. The van der Waals surface area contributed by atoms with Crippen LogP contribution in [0.15, 0.2) is 64.1 Å². The lowest BCUT2D eigenvalue weighted by Gasteiger charge is -2.20. The molecule has 0 radical (unpaired) electrons. The van der Waals surface area contributed by atoms with Gasteiger partial charge in [0.1, 0.15) is 0 Å². The maximum Gasteiger partial charge on any atom is 0.191 e. The van der Waals surface area contributed by atoms with Crippen molar-refractivity contribution in [3.63, 3.8) is 0 Å². The first kappa shape index (κ1) is 20.1. The van der Waals surface area contributed by atoms with Crippen molar-refractivity contribution in [1.29, 1.82) is 0 Å². The molecule has 0 bridgehead atoms. The van der Waals surface area contributed by atoms with E-state index in [1.807, 2.05) is 36.4 Å². The Bertz CT molecular complexity index is 806. The minimum absolute atomic E-state index is 0.188. The lowest BCUT2D eigenvalue weighted by molar-refractivity contribution is 0.644. The Hall–Kier alpha value is -1.66. The summed E-state index contributed by atoms with van der Waals surface area (Å²) in [7, 11) is 0.890. The van der Waals surface area contributed by atoms with Gasteiger partial charge in [0.05, 0.1) is 0 Å². The smallest absolute Gasteiger partial charge is 0.191 e. The SMILES string of the molecule is CN=C(NCCS(=O)Cc1ccccc1)NCC1(c2ccccc2Br)CC1. The second-order valence-electron chi connectivity index (χ2n) is 6.89. The molecule has 0 saturated heterocycles. The van der Waals surface area contributed by atoms with Crippen molar-refractivity contribution >= 4 is 32.7 Å². The average molecular weight is 448 g/mol. The van der Waals surface area contributed by atoms with Crippen LogP contribution in [0.1, 0.15) is 24.0 Å². The minimum Gasteiger partial charge on any atom is -0.356 e. The third kappa shape index (κ3) is 5.66. The topological polar surface area (TPSA) is 53.5 Å². The molecule has 0 heterocycles. The highest BCUT2D eigenvalue weighted by Crippen LogP contribution is 2.49. The first-order valence-corrected chi connectivity index (χ1v) is 11.5. The molecular weight excluding hydrogens is 422 g/mol. The van der Waals surface area contributed by atoms with Crippen molar-refractivity contribution < 1.29 is 4.21 Å². The van der Waals surface area contributed by atoms with E-state index >= 15 is 0 Å². The predicted octanol–water partition coefficient (Wildman–Crippen LogP) is 3.59. The normalized spacial score (nSPS) is 16.6. The Kier molecular flexibility index (Phi) is 7.07. The van der Waals surface area contributed by atoms with Crippen LogP contribution in [0.5, 0.6) is 0 Å². The summed E-state index contributed by atoms with van der Waals surface area (Å²) in [6.07, 6.45) is 2.36. The predicted molar refractivity (Wildman–Crippen MR) is 118 cm³/mol. The zero-order valence-electron chi connectivity index (χ0n) is 15.6. The van der Waals surface area contributed by atoms with Gasteiger partial charge in [-0.05, 0) is 30.0 Å². The van der Waals surface area contributed by atoms with Crippen LogP contribution in [-0.2, 0) is 22.0 Å². The fourth-order valence-corrected chi connectivity index (χ4v) is 4.92. The van der Waals surface area contributed by atoms with E-state index in [-0.39, 0.29) is 5.41 Å². The number of halogens is 1. The first-order chi connectivity index (χ1) is 13.1. The summed E-state index contributed by atoms with van der Waals surface area (Å²) in [4.78, 5) is 4.30. The van der Waals surface area contributed by atoms with E-state index in [4.69, 9.17) is 0 Å². The fraction of sp³-hybridized carbons (Fsp3) is 0.381. The molecule has 2 N–H and O–H groups in total. The van der Waals surface area contributed by atoms with Gasteiger partial charge in [0.2, 0.25) is 0 Å². The van der Waals surface area contributed by atoms with Crippen molar-refractivity contribution in [2.45, 2.75) is 24.0 Å². The van der Waals surface area contributed by atoms with Crippen molar-refractivity contribution in [1.82, 2.24) is 10.6 Å². The summed E-state index contributed by atoms with van der Waals surface area (Å²) in [6.45, 7) is 1.49. The van der Waals surface area contributed by atoms with Crippen LogP contribution in [0.25, 0.3) is 0 Å². The molecule has 2 aromatic carbocycles. The molecule has 1 fully saturated rings. The Morgan fingerprint density at radius 2 is 1.81 bits per heavy atom. The molecule has 4 nitrogen and oxygen atoms in total. The van der Waals surface area contributed by atoms with Crippen LogP contribution in [0.2, 0.25) is 0 Å². The van der Waals surface area contributed by atoms with E-state index in [9.17, 15) is 4.21 Å². The molecule has 1 saturated carbocycles. The molecule has 2 aromatic rings. The number of rotatable bonds is 8. The average Bonchev–Trinajstić information content (AvgIpc) is 3.46. The Morgan fingerprint density at radius 3 is 2.48 bits per heavy atom. The molecule has 1 unspecified atom stereocenters. The van der Waals surface area contributed by atoms with Gasteiger partial charge in [-0.25, -0.2) is 0 Å². The molecule has 3 rings (SSSR count). The number of nitrogens with one attached hydrogen (secondary N) is 2. The minimum atomic E-state index is -0.882. The molecule has 6 heteroatoms. The van der Waals surface area contributed by atoms with Crippen molar-refractivity contribution in [3.8, 4) is 0 Å². The van der Waals surface area contributed by atoms with Gasteiger partial charge in [-0.2, -0.15) is 0 Å². The van der Waals surface area contributed by atoms with Crippen LogP contribution in [0.3, 0.4) is 0 Å². The number of hydrogen-bond donors (Lipinski definition) is 2. The van der Waals surface area contributed by atoms with Crippen molar-refractivity contribution in [3.05, 3.63) is 70.2 Å². The van der Waals surface area contributed by atoms with Gasteiger partial charge < -0.3 is 10.6 Å². The van der Waals surface area contributed by atoms with E-state index in [0.29, 0.717) is 18.1 Å². The molecule has 144 valence electrons. The maximum absolute atomic E-state index is 12.2. The van der Waals surface area contributed by atoms with Crippen LogP contribution < -0.4 is 10.6 Å². The Balaban J connectivity index is 1.44. The van der Waals surface area contributed by atoms with Crippen LogP contribution in [0, 0.1) is 0 Å². The molecule has 0 spiro atoms. The third-order valence-corrected chi connectivity index (χ3v) is 6.92. The lowest BCUT2D eigenvalue weighted by Crippen LogP contribution is -2.42. The largest absolute Gasteiger partial charge is 0.356 e. The van der Waals surface area contributed by atoms with Crippen LogP contribution in [-0.4, -0.2) is 36.1 Å². The summed E-state index contributed by atoms with van der Waals surface area (Å²) in [5, 5.41) is 6.73. The van der Waals surface area contributed by atoms with Gasteiger partial charge in [0.25, 0.3) is 0 Å². The molecule has 1 aliphatic rings. The zero-order chi connectivity index (χ0) is 19.1. The van der Waals surface area contributed by atoms with Gasteiger partial charge in [-0.1, -0.05) is 64.5 Å². The standard InChI is InChI=1S/C21H26BrN3OS/c1-23-20(24-13-14-27(26)15-17-7-3-2-4-8-17)25-16-21(11-12-21)18-9-5-6-10-19(18)22/h2-10H,11-16H2,1H3,(H2,23,24,25). The third-order valence-electron chi connectivity index (χ3n) is 4.91. The highest BCUT2D eigenvalue weighted by Gasteiger charge is 2.45. The summed E-state index contributed by atoms with van der Waals surface area (Å²) in [6, 6.07) is 18.4. The summed E-state index contributed by atoms with van der Waals surface area (Å²) >= 11 is 3.67. The van der Waals surface area contributed by atoms with E-state index in [2.05, 4.69) is 49.8 Å². The quantitative estimate of drug-likeness (QED) is 0.480. The molecule has 0 amide bonds. The molecule has 27 heavy (non-hydrogen) atoms. The highest BCUT2D eigenvalue weighted by atomic mass is 79.9. The zero-order valence-corrected chi connectivity index (χ0v) is 18.0. The number of nitrogens with zero attached hydrogens (tertiary/aromatic N) is 1. The van der Waals surface area contributed by atoms with Gasteiger partial charge in [-0.3, -0.25) is 9.20 Å². The maximum atomic E-state index is 12.2. The van der Waals surface area contributed by atoms with E-state index in [1.54, 1.807) is 7.05 Å². The van der Waals surface area contributed by atoms with E-state index < -0.39 is 10.8 Å². The number of aliphatic imine (C=N–C) groups is 1. The molecule has 0 aromatic heterocycles. The van der Waals surface area contributed by atoms with E-state index in [1.165, 1.54) is 22.9 Å². The van der Waals surface area contributed by atoms with Crippen LogP contribution >= 0.6 is 15.9 Å². The summed E-state index contributed by atoms with van der Waals surface area (Å²) in [5.41, 5.74) is 2.66. The molecule has 1 atom stereocenters. The first-order valence-electron chi connectivity index (χ1n) is 9.21. The molecule has 0 aliphatic heterocycles. The fourth-order valence-electron chi connectivity index (χ4n) is 3.17. The van der Waals surface area contributed by atoms with Gasteiger partial charge in [0, 0.05) is 52.3 Å². The lowest BCUT2D eigenvalue weighted by atomic mass is 9.96. The second kappa shape index (κ2) is 9.51. The number of benzene rings is 2. The monoisotopic (exact) mass is 447 g/mol. The van der Waals surface area contributed by atoms with Crippen molar-refractivity contribution in [2.24, 2.45) is 4.99 Å². The van der Waals surface area contributed by atoms with Gasteiger partial charge >= 0.3 is 0 Å². The van der Waals surface area contributed by atoms with Gasteiger partial charge in [0.15, 0.2) is 5.96 Å². The number of guanidine groups is 1. The summed E-state index contributed by atoms with van der Waals surface area (Å²) in [5.74, 6) is 1.97. The second-order valence-corrected chi connectivity index (χ2v) is 9.32. The highest BCUT2D eigenvalue weighted by molar-refractivity contribution is 9.10. The molecular formula is C21H26BrN3OS.